The Morgan fingerprint density at radius 1 is 1.45 bits per heavy atom. The molecule has 0 radical (unpaired) electrons. The van der Waals surface area contributed by atoms with E-state index in [9.17, 15) is 0 Å². The van der Waals surface area contributed by atoms with Crippen molar-refractivity contribution in [3.05, 3.63) is 35.4 Å². The molecule has 3 nitrogen and oxygen atoms in total. The molecule has 0 bridgehead atoms. The molecule has 0 unspecified atom stereocenters. The average molecular weight is 150 g/mol. The van der Waals surface area contributed by atoms with Crippen LogP contribution in [0.15, 0.2) is 24.3 Å². The molecular weight excluding hydrogens is 140 g/mol. The van der Waals surface area contributed by atoms with Gasteiger partial charge in [-0.1, -0.05) is 12.1 Å². The van der Waals surface area contributed by atoms with Crippen molar-refractivity contribution in [1.29, 1.82) is 0 Å². The molecular formula is C8H10N2O. The summed E-state index contributed by atoms with van der Waals surface area (Å²) in [5.74, 6) is 0.786. The van der Waals surface area contributed by atoms with Gasteiger partial charge in [0, 0.05) is 0 Å². The SMILES string of the molecule is COc1ccccc1C[NH+]=[N-]. The Bertz CT molecular complexity index is 248. The van der Waals surface area contributed by atoms with Gasteiger partial charge in [-0.3, -0.25) is 0 Å². The largest absolute Gasteiger partial charge is 0.508 e. The first-order valence-corrected chi connectivity index (χ1v) is 3.37. The lowest BCUT2D eigenvalue weighted by Gasteiger charge is -2.02. The number of hydrogen-bond acceptors (Lipinski definition) is 1. The van der Waals surface area contributed by atoms with Gasteiger partial charge in [-0.25, -0.2) is 0 Å². The summed E-state index contributed by atoms with van der Waals surface area (Å²) in [5, 5.41) is 2.08. The van der Waals surface area contributed by atoms with Crippen molar-refractivity contribution in [2.24, 2.45) is 0 Å². The number of ether oxygens (including phenoxy) is 1. The highest BCUT2D eigenvalue weighted by Gasteiger charge is 1.99. The average Bonchev–Trinajstić information content (AvgIpc) is 2.06. The van der Waals surface area contributed by atoms with Gasteiger partial charge in [0.25, 0.3) is 0 Å². The van der Waals surface area contributed by atoms with Crippen LogP contribution in [0.5, 0.6) is 5.75 Å². The van der Waals surface area contributed by atoms with E-state index in [1.165, 1.54) is 0 Å². The van der Waals surface area contributed by atoms with E-state index in [1.54, 1.807) is 7.11 Å². The van der Waals surface area contributed by atoms with Crippen molar-refractivity contribution in [3.8, 4) is 5.75 Å². The summed E-state index contributed by atoms with van der Waals surface area (Å²) < 4.78 is 5.05. The van der Waals surface area contributed by atoms with Crippen molar-refractivity contribution in [1.82, 2.24) is 0 Å². The fourth-order valence-corrected chi connectivity index (χ4v) is 0.934. The number of benzene rings is 1. The van der Waals surface area contributed by atoms with E-state index in [0.29, 0.717) is 6.54 Å². The third kappa shape index (κ3) is 1.77. The Balaban J connectivity index is 2.92. The second kappa shape index (κ2) is 3.71. The summed E-state index contributed by atoms with van der Waals surface area (Å²) in [6.07, 6.45) is 0. The molecule has 0 atom stereocenters. The van der Waals surface area contributed by atoms with Crippen LogP contribution < -0.4 is 9.85 Å². The van der Waals surface area contributed by atoms with E-state index >= 15 is 0 Å². The van der Waals surface area contributed by atoms with Crippen LogP contribution >= 0.6 is 0 Å². The molecule has 0 aliphatic carbocycles. The van der Waals surface area contributed by atoms with E-state index in [1.807, 2.05) is 24.3 Å². The molecule has 3 heteroatoms. The zero-order chi connectivity index (χ0) is 8.10. The van der Waals surface area contributed by atoms with Gasteiger partial charge in [0.2, 0.25) is 0 Å². The number of nitrogens with one attached hydrogen (secondary N) is 1. The maximum absolute atomic E-state index is 8.43. The summed E-state index contributed by atoms with van der Waals surface area (Å²) in [4.78, 5) is 0. The second-order valence-electron chi connectivity index (χ2n) is 2.15. The molecule has 1 N–H and O–H groups in total. The summed E-state index contributed by atoms with van der Waals surface area (Å²) >= 11 is 0. The molecule has 0 saturated heterocycles. The molecule has 0 fully saturated rings. The molecule has 1 aromatic carbocycles. The Kier molecular flexibility index (Phi) is 2.60. The minimum atomic E-state index is 0.407. The summed E-state index contributed by atoms with van der Waals surface area (Å²) in [6, 6.07) is 7.53. The number of rotatable bonds is 3. The molecule has 0 aromatic heterocycles. The van der Waals surface area contributed by atoms with Gasteiger partial charge in [0.05, 0.1) is 12.7 Å². The molecule has 58 valence electrons. The van der Waals surface area contributed by atoms with Crippen molar-refractivity contribution in [2.75, 3.05) is 7.11 Å². The lowest BCUT2D eigenvalue weighted by Crippen LogP contribution is -2.60. The molecule has 0 amide bonds. The second-order valence-corrected chi connectivity index (χ2v) is 2.15. The van der Waals surface area contributed by atoms with Gasteiger partial charge in [0.15, 0.2) is 6.54 Å². The molecule has 0 aliphatic heterocycles. The highest BCUT2D eigenvalue weighted by Crippen LogP contribution is 2.15. The maximum Gasteiger partial charge on any atom is 0.158 e. The lowest BCUT2D eigenvalue weighted by atomic mass is 10.2. The van der Waals surface area contributed by atoms with Crippen LogP contribution in [-0.4, -0.2) is 7.11 Å². The number of para-hydroxylation sites is 1. The number of nitrogens with zero attached hydrogens (tertiary/aromatic N) is 1. The minimum Gasteiger partial charge on any atom is -0.508 e. The van der Waals surface area contributed by atoms with Gasteiger partial charge in [-0.15, -0.1) is 0 Å². The molecule has 1 rings (SSSR count). The Morgan fingerprint density at radius 2 is 2.18 bits per heavy atom. The van der Waals surface area contributed by atoms with Crippen LogP contribution in [0.1, 0.15) is 5.56 Å². The zero-order valence-electron chi connectivity index (χ0n) is 6.37. The minimum absolute atomic E-state index is 0.407. The van der Waals surface area contributed by atoms with Crippen LogP contribution in [0.3, 0.4) is 0 Å². The Labute approximate surface area is 65.5 Å². The first-order chi connectivity index (χ1) is 5.38. The van der Waals surface area contributed by atoms with Gasteiger partial charge in [-0.05, 0) is 12.1 Å². The topological polar surface area (TPSA) is 45.5 Å². The summed E-state index contributed by atoms with van der Waals surface area (Å²) in [5.41, 5.74) is 9.38. The van der Waals surface area contributed by atoms with Gasteiger partial charge >= 0.3 is 0 Å². The third-order valence-electron chi connectivity index (χ3n) is 1.46. The predicted octanol–water partition coefficient (Wildman–Crippen LogP) is 0.297. The number of methoxy groups -OCH3 is 1. The highest BCUT2D eigenvalue weighted by molar-refractivity contribution is 5.32. The first kappa shape index (κ1) is 7.72. The van der Waals surface area contributed by atoms with Crippen molar-refractivity contribution in [2.45, 2.75) is 6.54 Å². The quantitative estimate of drug-likeness (QED) is 0.619. The van der Waals surface area contributed by atoms with Crippen molar-refractivity contribution in [3.63, 3.8) is 0 Å². The molecule has 0 spiro atoms. The fraction of sp³-hybridized carbons (Fsp3) is 0.250. The van der Waals surface area contributed by atoms with E-state index in [-0.39, 0.29) is 0 Å². The van der Waals surface area contributed by atoms with E-state index in [4.69, 9.17) is 10.3 Å². The first-order valence-electron chi connectivity index (χ1n) is 3.37. The van der Waals surface area contributed by atoms with Gasteiger partial charge < -0.3 is 15.4 Å². The molecule has 0 heterocycles. The standard InChI is InChI=1S/C8H10N2O/c1-11-8-5-3-2-4-7(8)6-10-9/h2-5,10H,6H2,1H3. The van der Waals surface area contributed by atoms with E-state index < -0.39 is 0 Å². The number of hydrogen-bond donors (Lipinski definition) is 1. The molecule has 11 heavy (non-hydrogen) atoms. The maximum atomic E-state index is 8.43. The van der Waals surface area contributed by atoms with Crippen LogP contribution in [0, 0.1) is 0 Å². The van der Waals surface area contributed by atoms with Crippen LogP contribution in [0.4, 0.5) is 0 Å². The Hall–Kier alpha value is -1.38. The highest BCUT2D eigenvalue weighted by atomic mass is 16.5. The summed E-state index contributed by atoms with van der Waals surface area (Å²) in [7, 11) is 1.61. The monoisotopic (exact) mass is 150 g/mol. The van der Waals surface area contributed by atoms with Crippen LogP contribution in [0.25, 0.3) is 5.53 Å². The predicted molar refractivity (Wildman–Crippen MR) is 41.0 cm³/mol. The van der Waals surface area contributed by atoms with Crippen molar-refractivity contribution < 1.29 is 9.85 Å². The molecule has 0 aliphatic rings. The summed E-state index contributed by atoms with van der Waals surface area (Å²) in [6.45, 7) is 0.407. The normalized spacial score (nSPS) is 9.18. The van der Waals surface area contributed by atoms with Crippen LogP contribution in [0.2, 0.25) is 0 Å². The molecule has 0 saturated carbocycles. The van der Waals surface area contributed by atoms with E-state index in [2.05, 4.69) is 5.11 Å². The van der Waals surface area contributed by atoms with Gasteiger partial charge in [0.1, 0.15) is 5.75 Å². The zero-order valence-corrected chi connectivity index (χ0v) is 6.37. The fourth-order valence-electron chi connectivity index (χ4n) is 0.934. The third-order valence-corrected chi connectivity index (χ3v) is 1.46. The Morgan fingerprint density at radius 3 is 2.82 bits per heavy atom. The van der Waals surface area contributed by atoms with Gasteiger partial charge in [-0.2, -0.15) is 0 Å². The molecule has 1 aromatic rings. The van der Waals surface area contributed by atoms with Crippen LogP contribution in [-0.2, 0) is 6.54 Å². The van der Waals surface area contributed by atoms with E-state index in [0.717, 1.165) is 11.3 Å². The lowest BCUT2D eigenvalue weighted by molar-refractivity contribution is -0.498. The smallest absolute Gasteiger partial charge is 0.158 e. The van der Waals surface area contributed by atoms with Crippen molar-refractivity contribution >= 4 is 0 Å².